The second-order valence-electron chi connectivity index (χ2n) is 5.58. The van der Waals surface area contributed by atoms with E-state index in [1.54, 1.807) is 18.4 Å². The van der Waals surface area contributed by atoms with Gasteiger partial charge in [-0.25, -0.2) is 9.97 Å². The molecule has 2 aromatic heterocycles. The van der Waals surface area contributed by atoms with Gasteiger partial charge in [0.25, 0.3) is 0 Å². The lowest BCUT2D eigenvalue weighted by Gasteiger charge is -2.19. The third-order valence-corrected chi connectivity index (χ3v) is 3.18. The van der Waals surface area contributed by atoms with Crippen molar-refractivity contribution in [2.45, 2.75) is 26.0 Å². The number of para-hydroxylation sites is 1. The summed E-state index contributed by atoms with van der Waals surface area (Å²) in [7, 11) is 0. The molecule has 0 atom stereocenters. The fourth-order valence-electron chi connectivity index (χ4n) is 2.42. The van der Waals surface area contributed by atoms with Crippen molar-refractivity contribution in [3.63, 3.8) is 0 Å². The number of nitrogens with zero attached hydrogens (tertiary/aromatic N) is 3. The third kappa shape index (κ3) is 2.66. The van der Waals surface area contributed by atoms with Gasteiger partial charge >= 0.3 is 0 Å². The molecule has 6 nitrogen and oxygen atoms in total. The minimum atomic E-state index is -0.902. The first-order valence-electron chi connectivity index (χ1n) is 6.39. The van der Waals surface area contributed by atoms with Crippen molar-refractivity contribution in [3.8, 4) is 0 Å². The summed E-state index contributed by atoms with van der Waals surface area (Å²) in [6, 6.07) is 7.67. The normalized spacial score (nSPS) is 11.8. The van der Waals surface area contributed by atoms with Gasteiger partial charge in [0.05, 0.1) is 23.2 Å². The van der Waals surface area contributed by atoms with Crippen LogP contribution in [-0.4, -0.2) is 25.2 Å². The van der Waals surface area contributed by atoms with Gasteiger partial charge in [-0.05, 0) is 19.9 Å². The lowest BCUT2D eigenvalue weighted by molar-refractivity contribution is 0.0633. The first-order chi connectivity index (χ1) is 9.37. The Kier molecular flexibility index (Phi) is 3.81. The standard InChI is InChI=1S/C14H17N5O.BrH/c1-14(2,20)7-19-11-8-5-3-4-6-9(8)17-12(15)10(11)18-13(19)16;/h3-6,20H,7H2,1-2H3,(H2,15,17)(H2,16,18);1H. The molecule has 0 bridgehead atoms. The van der Waals surface area contributed by atoms with Gasteiger partial charge < -0.3 is 21.1 Å². The van der Waals surface area contributed by atoms with Gasteiger partial charge in [0.2, 0.25) is 5.95 Å². The van der Waals surface area contributed by atoms with E-state index in [9.17, 15) is 5.11 Å². The third-order valence-electron chi connectivity index (χ3n) is 3.18. The fraction of sp³-hybridized carbons (Fsp3) is 0.286. The Labute approximate surface area is 132 Å². The van der Waals surface area contributed by atoms with Crippen LogP contribution in [0.5, 0.6) is 0 Å². The van der Waals surface area contributed by atoms with E-state index in [1.807, 2.05) is 24.3 Å². The van der Waals surface area contributed by atoms with E-state index in [4.69, 9.17) is 11.5 Å². The van der Waals surface area contributed by atoms with Crippen molar-refractivity contribution in [3.05, 3.63) is 24.3 Å². The first-order valence-corrected chi connectivity index (χ1v) is 6.39. The SMILES string of the molecule is Br.CC(C)(O)Cn1c(N)nc2c(N)nc3ccccc3c21. The summed E-state index contributed by atoms with van der Waals surface area (Å²) in [6.45, 7) is 3.79. The summed E-state index contributed by atoms with van der Waals surface area (Å²) in [5.41, 5.74) is 13.2. The Hall–Kier alpha value is -1.86. The van der Waals surface area contributed by atoms with Crippen LogP contribution in [0.25, 0.3) is 21.9 Å². The zero-order chi connectivity index (χ0) is 14.5. The van der Waals surface area contributed by atoms with Crippen LogP contribution in [0.15, 0.2) is 24.3 Å². The Morgan fingerprint density at radius 1 is 1.19 bits per heavy atom. The summed E-state index contributed by atoms with van der Waals surface area (Å²) in [5, 5.41) is 11.0. The van der Waals surface area contributed by atoms with Gasteiger partial charge in [0.15, 0.2) is 5.82 Å². The maximum absolute atomic E-state index is 10.1. The smallest absolute Gasteiger partial charge is 0.201 e. The van der Waals surface area contributed by atoms with Crippen LogP contribution >= 0.6 is 17.0 Å². The number of hydrogen-bond acceptors (Lipinski definition) is 5. The predicted molar refractivity (Wildman–Crippen MR) is 90.5 cm³/mol. The highest BCUT2D eigenvalue weighted by Gasteiger charge is 2.21. The summed E-state index contributed by atoms with van der Waals surface area (Å²) < 4.78 is 1.79. The zero-order valence-corrected chi connectivity index (χ0v) is 13.6. The molecular weight excluding hydrogens is 334 g/mol. The molecule has 0 aliphatic heterocycles. The average Bonchev–Trinajstić information content (AvgIpc) is 2.66. The number of nitrogen functional groups attached to an aromatic ring is 2. The number of hydrogen-bond donors (Lipinski definition) is 3. The van der Waals surface area contributed by atoms with Crippen LogP contribution in [-0.2, 0) is 6.54 Å². The molecule has 21 heavy (non-hydrogen) atoms. The molecule has 7 heteroatoms. The molecule has 0 aliphatic rings. The number of aliphatic hydroxyl groups is 1. The Bertz CT molecular complexity index is 806. The molecule has 0 saturated carbocycles. The number of aromatic nitrogens is 3. The van der Waals surface area contributed by atoms with Gasteiger partial charge in [-0.2, -0.15) is 0 Å². The summed E-state index contributed by atoms with van der Waals surface area (Å²) in [5.74, 6) is 0.673. The molecule has 0 amide bonds. The Balaban J connectivity index is 0.00000161. The monoisotopic (exact) mass is 351 g/mol. The molecule has 2 heterocycles. The average molecular weight is 352 g/mol. The highest BCUT2D eigenvalue weighted by Crippen LogP contribution is 2.30. The lowest BCUT2D eigenvalue weighted by Crippen LogP contribution is -2.26. The highest BCUT2D eigenvalue weighted by atomic mass is 79.9. The molecule has 0 spiro atoms. The van der Waals surface area contributed by atoms with Crippen LogP contribution in [0.3, 0.4) is 0 Å². The zero-order valence-electron chi connectivity index (χ0n) is 11.9. The second-order valence-corrected chi connectivity index (χ2v) is 5.58. The number of fused-ring (bicyclic) bond motifs is 3. The lowest BCUT2D eigenvalue weighted by atomic mass is 10.1. The largest absolute Gasteiger partial charge is 0.389 e. The molecule has 3 aromatic rings. The quantitative estimate of drug-likeness (QED) is 0.655. The number of halogens is 1. The van der Waals surface area contributed by atoms with E-state index < -0.39 is 5.60 Å². The Morgan fingerprint density at radius 3 is 2.52 bits per heavy atom. The van der Waals surface area contributed by atoms with Crippen LogP contribution in [0.2, 0.25) is 0 Å². The molecule has 1 aromatic carbocycles. The van der Waals surface area contributed by atoms with Crippen LogP contribution in [0, 0.1) is 0 Å². The molecule has 0 unspecified atom stereocenters. The first kappa shape index (κ1) is 15.5. The molecular formula is C14H18BrN5O. The highest BCUT2D eigenvalue weighted by molar-refractivity contribution is 8.93. The number of imidazole rings is 1. The van der Waals surface area contributed by atoms with Gasteiger partial charge in [0.1, 0.15) is 5.52 Å². The molecule has 3 rings (SSSR count). The van der Waals surface area contributed by atoms with Crippen molar-refractivity contribution >= 4 is 50.7 Å². The molecule has 0 saturated heterocycles. The van der Waals surface area contributed by atoms with Gasteiger partial charge in [-0.15, -0.1) is 17.0 Å². The van der Waals surface area contributed by atoms with Crippen molar-refractivity contribution in [2.75, 3.05) is 11.5 Å². The van der Waals surface area contributed by atoms with E-state index in [1.165, 1.54) is 0 Å². The number of pyridine rings is 1. The van der Waals surface area contributed by atoms with Crippen LogP contribution in [0.1, 0.15) is 13.8 Å². The molecule has 112 valence electrons. The van der Waals surface area contributed by atoms with Crippen molar-refractivity contribution in [1.82, 2.24) is 14.5 Å². The maximum atomic E-state index is 10.1. The summed E-state index contributed by atoms with van der Waals surface area (Å²) >= 11 is 0. The van der Waals surface area contributed by atoms with Gasteiger partial charge in [0, 0.05) is 5.39 Å². The van der Waals surface area contributed by atoms with Crippen molar-refractivity contribution < 1.29 is 5.11 Å². The van der Waals surface area contributed by atoms with Gasteiger partial charge in [-0.3, -0.25) is 0 Å². The minimum Gasteiger partial charge on any atom is -0.389 e. The predicted octanol–water partition coefficient (Wildman–Crippen LogP) is 2.10. The number of benzene rings is 1. The van der Waals surface area contributed by atoms with E-state index in [-0.39, 0.29) is 17.0 Å². The summed E-state index contributed by atoms with van der Waals surface area (Å²) in [6.07, 6.45) is 0. The number of nitrogens with two attached hydrogens (primary N) is 2. The molecule has 5 N–H and O–H groups in total. The van der Waals surface area contributed by atoms with E-state index in [0.29, 0.717) is 23.8 Å². The maximum Gasteiger partial charge on any atom is 0.201 e. The van der Waals surface area contributed by atoms with E-state index >= 15 is 0 Å². The number of rotatable bonds is 2. The van der Waals surface area contributed by atoms with Crippen LogP contribution < -0.4 is 11.5 Å². The Morgan fingerprint density at radius 2 is 1.86 bits per heavy atom. The molecule has 0 aliphatic carbocycles. The van der Waals surface area contributed by atoms with Crippen LogP contribution in [0.4, 0.5) is 11.8 Å². The topological polar surface area (TPSA) is 103 Å². The molecule has 0 radical (unpaired) electrons. The van der Waals surface area contributed by atoms with Gasteiger partial charge in [-0.1, -0.05) is 18.2 Å². The van der Waals surface area contributed by atoms with E-state index in [0.717, 1.165) is 16.4 Å². The van der Waals surface area contributed by atoms with Crippen molar-refractivity contribution in [2.24, 2.45) is 0 Å². The molecule has 0 fully saturated rings. The fourth-order valence-corrected chi connectivity index (χ4v) is 2.42. The minimum absolute atomic E-state index is 0. The number of anilines is 2. The second kappa shape index (κ2) is 5.16. The summed E-state index contributed by atoms with van der Waals surface area (Å²) in [4.78, 5) is 8.63. The van der Waals surface area contributed by atoms with Crippen molar-refractivity contribution in [1.29, 1.82) is 0 Å². The van der Waals surface area contributed by atoms with E-state index in [2.05, 4.69) is 9.97 Å².